The molecule has 0 bridgehead atoms. The number of esters is 2. The Hall–Kier alpha value is -2.48. The molecule has 0 heterocycles. The van der Waals surface area contributed by atoms with Crippen molar-refractivity contribution >= 4 is 17.9 Å². The van der Waals surface area contributed by atoms with Gasteiger partial charge in [-0.15, -0.1) is 0 Å². The van der Waals surface area contributed by atoms with Gasteiger partial charge in [-0.2, -0.15) is 0 Å². The molecule has 2 aliphatic carbocycles. The number of rotatable bonds is 5. The molecule has 1 aromatic carbocycles. The molecule has 8 heteroatoms. The lowest BCUT2D eigenvalue weighted by Crippen LogP contribution is -2.56. The number of halogens is 1. The zero-order chi connectivity index (χ0) is 17.5. The highest BCUT2D eigenvalue weighted by atomic mass is 19.1. The van der Waals surface area contributed by atoms with Gasteiger partial charge in [0.2, 0.25) is 6.79 Å². The van der Waals surface area contributed by atoms with Gasteiger partial charge in [-0.05, 0) is 24.5 Å². The number of hydrogen-bond acceptors (Lipinski definition) is 6. The van der Waals surface area contributed by atoms with E-state index in [1.165, 1.54) is 0 Å². The molecule has 24 heavy (non-hydrogen) atoms. The van der Waals surface area contributed by atoms with Crippen molar-refractivity contribution in [3.63, 3.8) is 0 Å². The molecule has 0 radical (unpaired) electrons. The lowest BCUT2D eigenvalue weighted by Gasteiger charge is -2.25. The minimum atomic E-state index is -2.06. The van der Waals surface area contributed by atoms with Crippen molar-refractivity contribution in [3.8, 4) is 0 Å². The fraction of sp³-hybridized carbons (Fsp3) is 0.438. The van der Waals surface area contributed by atoms with Crippen LogP contribution < -0.4 is 5.73 Å². The van der Waals surface area contributed by atoms with E-state index < -0.39 is 54.2 Å². The molecule has 2 aliphatic rings. The van der Waals surface area contributed by atoms with Gasteiger partial charge in [0, 0.05) is 5.92 Å². The Bertz CT molecular complexity index is 680. The second-order valence-electron chi connectivity index (χ2n) is 6.04. The molecule has 128 valence electrons. The van der Waals surface area contributed by atoms with Crippen molar-refractivity contribution in [1.29, 1.82) is 0 Å². The van der Waals surface area contributed by atoms with Crippen LogP contribution in [0.4, 0.5) is 4.39 Å². The minimum absolute atomic E-state index is 0.0863. The van der Waals surface area contributed by atoms with Gasteiger partial charge in [0.05, 0.1) is 11.5 Å². The number of nitrogens with two attached hydrogens (primary N) is 1. The second-order valence-corrected chi connectivity index (χ2v) is 6.04. The summed E-state index contributed by atoms with van der Waals surface area (Å²) in [5.74, 6) is -4.85. The Morgan fingerprint density at radius 3 is 2.54 bits per heavy atom. The fourth-order valence-corrected chi connectivity index (χ4v) is 3.45. The summed E-state index contributed by atoms with van der Waals surface area (Å²) in [5.41, 5.74) is 3.89. The summed E-state index contributed by atoms with van der Waals surface area (Å²) < 4.78 is 23.4. The monoisotopic (exact) mass is 337 g/mol. The van der Waals surface area contributed by atoms with Crippen LogP contribution in [0.3, 0.4) is 0 Å². The number of aliphatic carboxylic acids is 1. The first-order chi connectivity index (χ1) is 11.4. The van der Waals surface area contributed by atoms with E-state index in [-0.39, 0.29) is 6.42 Å². The molecule has 0 unspecified atom stereocenters. The van der Waals surface area contributed by atoms with Gasteiger partial charge in [0.1, 0.15) is 11.7 Å². The minimum Gasteiger partial charge on any atom is -0.480 e. The van der Waals surface area contributed by atoms with E-state index in [1.807, 2.05) is 0 Å². The Morgan fingerprint density at radius 1 is 1.25 bits per heavy atom. The Kier molecular flexibility index (Phi) is 4.00. The van der Waals surface area contributed by atoms with Crippen LogP contribution in [0.25, 0.3) is 0 Å². The number of alkyl halides is 1. The maximum Gasteiger partial charge on any atom is 0.340 e. The van der Waals surface area contributed by atoms with Crippen molar-refractivity contribution < 1.29 is 33.4 Å². The predicted octanol–water partition coefficient (Wildman–Crippen LogP) is 0.730. The topological polar surface area (TPSA) is 116 Å². The highest BCUT2D eigenvalue weighted by molar-refractivity contribution is 5.89. The first-order valence-corrected chi connectivity index (χ1v) is 7.42. The average Bonchev–Trinajstić information content (AvgIpc) is 3.21. The van der Waals surface area contributed by atoms with Gasteiger partial charge < -0.3 is 20.3 Å². The maximum atomic E-state index is 13.8. The Balaban J connectivity index is 1.51. The molecule has 0 aromatic heterocycles. The largest absolute Gasteiger partial charge is 0.480 e. The number of fused-ring (bicyclic) bond motifs is 1. The van der Waals surface area contributed by atoms with Gasteiger partial charge in [0.25, 0.3) is 0 Å². The van der Waals surface area contributed by atoms with E-state index in [9.17, 15) is 18.8 Å². The molecule has 0 spiro atoms. The number of carboxylic acids is 1. The zero-order valence-corrected chi connectivity index (χ0v) is 12.6. The summed E-state index contributed by atoms with van der Waals surface area (Å²) in [6.07, 6.45) is -1.78. The average molecular weight is 337 g/mol. The predicted molar refractivity (Wildman–Crippen MR) is 77.4 cm³/mol. The third kappa shape index (κ3) is 2.52. The Morgan fingerprint density at radius 2 is 1.92 bits per heavy atom. The maximum absolute atomic E-state index is 13.8. The second kappa shape index (κ2) is 5.86. The van der Waals surface area contributed by atoms with Crippen molar-refractivity contribution in [1.82, 2.24) is 0 Å². The third-order valence-corrected chi connectivity index (χ3v) is 4.76. The van der Waals surface area contributed by atoms with Crippen LogP contribution in [-0.4, -0.2) is 41.5 Å². The molecule has 3 N–H and O–H groups in total. The number of hydrogen-bond donors (Lipinski definition) is 2. The van der Waals surface area contributed by atoms with E-state index in [0.717, 1.165) is 0 Å². The van der Waals surface area contributed by atoms with Crippen molar-refractivity contribution in [3.05, 3.63) is 35.9 Å². The molecular weight excluding hydrogens is 321 g/mol. The van der Waals surface area contributed by atoms with Crippen LogP contribution in [0.1, 0.15) is 16.8 Å². The molecule has 0 aliphatic heterocycles. The third-order valence-electron chi connectivity index (χ3n) is 4.76. The summed E-state index contributed by atoms with van der Waals surface area (Å²) in [7, 11) is 0. The highest BCUT2D eigenvalue weighted by Gasteiger charge is 2.74. The molecular formula is C16H16FNO6. The summed E-state index contributed by atoms with van der Waals surface area (Å²) in [5, 5.41) is 9.13. The van der Waals surface area contributed by atoms with E-state index in [2.05, 4.69) is 0 Å². The molecule has 5 atom stereocenters. The number of carboxylic acid groups (broad SMARTS) is 1. The molecule has 0 amide bonds. The summed E-state index contributed by atoms with van der Waals surface area (Å²) >= 11 is 0. The molecule has 1 aromatic rings. The standard InChI is InChI=1S/C16H16FNO6/c17-10-6-9-11(12(9)16(10,18)15(21)22)14(20)24-7-23-13(19)8-4-2-1-3-5-8/h1-5,9-12H,6-7,18H2,(H,21,22)/t9-,10-,11-,12-,16-/m0/s1. The quantitative estimate of drug-likeness (QED) is 0.601. The van der Waals surface area contributed by atoms with Crippen LogP contribution in [0.15, 0.2) is 30.3 Å². The Labute approximate surface area is 136 Å². The lowest BCUT2D eigenvalue weighted by atomic mass is 9.90. The first kappa shape index (κ1) is 16.4. The smallest absolute Gasteiger partial charge is 0.340 e. The van der Waals surface area contributed by atoms with Crippen molar-refractivity contribution in [2.45, 2.75) is 18.1 Å². The molecule has 7 nitrogen and oxygen atoms in total. The zero-order valence-electron chi connectivity index (χ0n) is 12.6. The number of benzene rings is 1. The SMILES string of the molecule is N[C@]1(C(=O)O)[C@H]2[C@@H](C[C@@H]1F)[C@@H]2C(=O)OCOC(=O)c1ccccc1. The van der Waals surface area contributed by atoms with Gasteiger partial charge in [-0.25, -0.2) is 9.18 Å². The van der Waals surface area contributed by atoms with Crippen molar-refractivity contribution in [2.24, 2.45) is 23.5 Å². The summed E-state index contributed by atoms with van der Waals surface area (Å²) in [6.45, 7) is -0.591. The number of carbonyl (C=O) groups is 3. The van der Waals surface area contributed by atoms with Crippen LogP contribution in [-0.2, 0) is 19.1 Å². The van der Waals surface area contributed by atoms with Crippen LogP contribution >= 0.6 is 0 Å². The van der Waals surface area contributed by atoms with Gasteiger partial charge in [0.15, 0.2) is 0 Å². The van der Waals surface area contributed by atoms with E-state index in [1.54, 1.807) is 30.3 Å². The van der Waals surface area contributed by atoms with E-state index >= 15 is 0 Å². The summed E-state index contributed by atoms with van der Waals surface area (Å²) in [6, 6.07) is 8.16. The van der Waals surface area contributed by atoms with Crippen LogP contribution in [0.5, 0.6) is 0 Å². The van der Waals surface area contributed by atoms with Gasteiger partial charge in [-0.1, -0.05) is 18.2 Å². The number of ether oxygens (including phenoxy) is 2. The first-order valence-electron chi connectivity index (χ1n) is 7.42. The van der Waals surface area contributed by atoms with Gasteiger partial charge >= 0.3 is 17.9 Å². The molecule has 0 saturated heterocycles. The van der Waals surface area contributed by atoms with Crippen LogP contribution in [0.2, 0.25) is 0 Å². The highest BCUT2D eigenvalue weighted by Crippen LogP contribution is 2.62. The molecule has 3 rings (SSSR count). The molecule has 2 saturated carbocycles. The van der Waals surface area contributed by atoms with Crippen LogP contribution in [0, 0.1) is 17.8 Å². The normalized spacial score (nSPS) is 33.4. The van der Waals surface area contributed by atoms with E-state index in [0.29, 0.717) is 5.56 Å². The van der Waals surface area contributed by atoms with E-state index in [4.69, 9.17) is 20.3 Å². The summed E-state index contributed by atoms with van der Waals surface area (Å²) in [4.78, 5) is 34.9. The van der Waals surface area contributed by atoms with Gasteiger partial charge in [-0.3, -0.25) is 9.59 Å². The van der Waals surface area contributed by atoms with Crippen molar-refractivity contribution in [2.75, 3.05) is 6.79 Å². The number of carbonyl (C=O) groups excluding carboxylic acids is 2. The fourth-order valence-electron chi connectivity index (χ4n) is 3.45. The molecule has 2 fully saturated rings. The lowest BCUT2D eigenvalue weighted by molar-refractivity contribution is -0.156.